The first-order chi connectivity index (χ1) is 14.7. The predicted octanol–water partition coefficient (Wildman–Crippen LogP) is 4.64. The number of fused-ring (bicyclic) bond motifs is 1. The molecule has 5 rings (SSSR count). The summed E-state index contributed by atoms with van der Waals surface area (Å²) in [6.45, 7) is 2.71. The molecule has 152 valence electrons. The van der Waals surface area contributed by atoms with Crippen LogP contribution in [-0.2, 0) is 4.79 Å². The Morgan fingerprint density at radius 3 is 2.77 bits per heavy atom. The van der Waals surface area contributed by atoms with Crippen LogP contribution >= 0.6 is 23.1 Å². The first-order valence-corrected chi connectivity index (χ1v) is 11.8. The van der Waals surface area contributed by atoms with Gasteiger partial charge in [-0.1, -0.05) is 42.1 Å². The third-order valence-corrected chi connectivity index (χ3v) is 7.35. The average Bonchev–Trinajstić information content (AvgIpc) is 3.50. The number of carbonyl (C=O) groups excluding carboxylic acids is 1. The highest BCUT2D eigenvalue weighted by Gasteiger charge is 2.32. The van der Waals surface area contributed by atoms with Crippen molar-refractivity contribution < 1.29 is 4.79 Å². The van der Waals surface area contributed by atoms with Crippen LogP contribution in [0.25, 0.3) is 15.9 Å². The summed E-state index contributed by atoms with van der Waals surface area (Å²) in [5.41, 5.74) is 2.01. The molecule has 1 aliphatic rings. The van der Waals surface area contributed by atoms with Crippen molar-refractivity contribution in [3.63, 3.8) is 0 Å². The number of carbonyl (C=O) groups is 1. The number of benzene rings is 2. The maximum Gasteiger partial charge on any atom is 0.233 e. The Balaban J connectivity index is 1.32. The highest BCUT2D eigenvalue weighted by molar-refractivity contribution is 7.99. The molecule has 4 aromatic rings. The summed E-state index contributed by atoms with van der Waals surface area (Å²) in [5, 5.41) is 10.3. The third-order valence-electron chi connectivity index (χ3n) is 5.30. The van der Waals surface area contributed by atoms with E-state index < -0.39 is 0 Å². The lowest BCUT2D eigenvalue weighted by atomic mass is 10.2. The quantitative estimate of drug-likeness (QED) is 0.427. The van der Waals surface area contributed by atoms with Crippen LogP contribution in [0.5, 0.6) is 0 Å². The SMILES string of the molecule is Cc1nnc(SCC(=O)N2CCC[C@@H]2c2nc3ccccc3s2)n1-c1ccccc1. The van der Waals surface area contributed by atoms with E-state index in [0.29, 0.717) is 5.75 Å². The van der Waals surface area contributed by atoms with E-state index in [0.717, 1.165) is 46.6 Å². The van der Waals surface area contributed by atoms with E-state index in [1.165, 1.54) is 16.5 Å². The van der Waals surface area contributed by atoms with Gasteiger partial charge in [-0.05, 0) is 44.0 Å². The first-order valence-electron chi connectivity index (χ1n) is 9.96. The van der Waals surface area contributed by atoms with Crippen molar-refractivity contribution in [3.05, 3.63) is 65.4 Å². The van der Waals surface area contributed by atoms with Crippen molar-refractivity contribution in [2.45, 2.75) is 31.0 Å². The number of likely N-dealkylation sites (tertiary alicyclic amines) is 1. The van der Waals surface area contributed by atoms with Gasteiger partial charge in [-0.3, -0.25) is 9.36 Å². The molecule has 6 nitrogen and oxygen atoms in total. The standard InChI is InChI=1S/C22H21N5OS2/c1-15-24-25-22(27(15)16-8-3-2-4-9-16)29-14-20(28)26-13-7-11-18(26)21-23-17-10-5-6-12-19(17)30-21/h2-6,8-10,12,18H,7,11,13-14H2,1H3/t18-/m1/s1. The van der Waals surface area contributed by atoms with E-state index in [1.807, 2.05) is 64.9 Å². The van der Waals surface area contributed by atoms with E-state index in [2.05, 4.69) is 16.3 Å². The van der Waals surface area contributed by atoms with Crippen LogP contribution in [0.15, 0.2) is 59.8 Å². The number of hydrogen-bond donors (Lipinski definition) is 0. The van der Waals surface area contributed by atoms with Crippen molar-refractivity contribution in [2.24, 2.45) is 0 Å². The molecular weight excluding hydrogens is 414 g/mol. The second kappa shape index (κ2) is 8.20. The number of para-hydroxylation sites is 2. The van der Waals surface area contributed by atoms with Gasteiger partial charge in [0.1, 0.15) is 10.8 Å². The molecule has 3 heterocycles. The number of thioether (sulfide) groups is 1. The summed E-state index contributed by atoms with van der Waals surface area (Å²) in [6, 6.07) is 18.2. The second-order valence-corrected chi connectivity index (χ2v) is 9.26. The molecule has 0 bridgehead atoms. The van der Waals surface area contributed by atoms with Gasteiger partial charge in [-0.15, -0.1) is 21.5 Å². The molecule has 1 aliphatic heterocycles. The predicted molar refractivity (Wildman–Crippen MR) is 120 cm³/mol. The van der Waals surface area contributed by atoms with E-state index in [4.69, 9.17) is 4.98 Å². The minimum Gasteiger partial charge on any atom is -0.332 e. The molecule has 0 radical (unpaired) electrons. The van der Waals surface area contributed by atoms with E-state index in [-0.39, 0.29) is 11.9 Å². The van der Waals surface area contributed by atoms with Crippen LogP contribution in [0.4, 0.5) is 0 Å². The number of aromatic nitrogens is 4. The van der Waals surface area contributed by atoms with E-state index >= 15 is 0 Å². The molecule has 0 spiro atoms. The summed E-state index contributed by atoms with van der Waals surface area (Å²) < 4.78 is 3.17. The van der Waals surface area contributed by atoms with Crippen molar-refractivity contribution in [3.8, 4) is 5.69 Å². The van der Waals surface area contributed by atoms with E-state index in [9.17, 15) is 4.79 Å². The maximum absolute atomic E-state index is 13.1. The summed E-state index contributed by atoms with van der Waals surface area (Å²) in [4.78, 5) is 19.9. The monoisotopic (exact) mass is 435 g/mol. The Kier molecular flexibility index (Phi) is 5.26. The molecule has 2 aromatic carbocycles. The molecule has 30 heavy (non-hydrogen) atoms. The number of thiazole rings is 1. The zero-order chi connectivity index (χ0) is 20.5. The van der Waals surface area contributed by atoms with Gasteiger partial charge in [0.05, 0.1) is 22.0 Å². The average molecular weight is 436 g/mol. The topological polar surface area (TPSA) is 63.9 Å². The van der Waals surface area contributed by atoms with Crippen molar-refractivity contribution in [1.82, 2.24) is 24.6 Å². The summed E-state index contributed by atoms with van der Waals surface area (Å²) in [5.74, 6) is 1.28. The molecule has 1 fully saturated rings. The van der Waals surface area contributed by atoms with Crippen LogP contribution in [0.1, 0.15) is 29.7 Å². The van der Waals surface area contributed by atoms with E-state index in [1.54, 1.807) is 11.3 Å². The van der Waals surface area contributed by atoms with Crippen molar-refractivity contribution in [2.75, 3.05) is 12.3 Å². The fraction of sp³-hybridized carbons (Fsp3) is 0.273. The minimum absolute atomic E-state index is 0.0734. The van der Waals surface area contributed by atoms with Crippen LogP contribution in [0.2, 0.25) is 0 Å². The fourth-order valence-electron chi connectivity index (χ4n) is 3.87. The Labute approximate surface area is 183 Å². The summed E-state index contributed by atoms with van der Waals surface area (Å²) in [6.07, 6.45) is 1.98. The van der Waals surface area contributed by atoms with Gasteiger partial charge in [-0.25, -0.2) is 4.98 Å². The Morgan fingerprint density at radius 2 is 1.93 bits per heavy atom. The van der Waals surface area contributed by atoms with Crippen molar-refractivity contribution >= 4 is 39.2 Å². The van der Waals surface area contributed by atoms with Crippen LogP contribution < -0.4 is 0 Å². The minimum atomic E-state index is 0.0734. The lowest BCUT2D eigenvalue weighted by Crippen LogP contribution is -2.32. The number of amides is 1. The van der Waals surface area contributed by atoms with Gasteiger partial charge in [0.25, 0.3) is 0 Å². The fourth-order valence-corrected chi connectivity index (χ4v) is 5.87. The largest absolute Gasteiger partial charge is 0.332 e. The zero-order valence-electron chi connectivity index (χ0n) is 16.6. The molecule has 0 saturated carbocycles. The van der Waals surface area contributed by atoms with Gasteiger partial charge in [-0.2, -0.15) is 0 Å². The molecule has 0 unspecified atom stereocenters. The number of nitrogens with zero attached hydrogens (tertiary/aromatic N) is 5. The van der Waals surface area contributed by atoms with Crippen LogP contribution in [0.3, 0.4) is 0 Å². The highest BCUT2D eigenvalue weighted by atomic mass is 32.2. The molecule has 0 N–H and O–H groups in total. The number of hydrogen-bond acceptors (Lipinski definition) is 6. The van der Waals surface area contributed by atoms with Gasteiger partial charge in [0.15, 0.2) is 5.16 Å². The number of aryl methyl sites for hydroxylation is 1. The van der Waals surface area contributed by atoms with Gasteiger partial charge in [0.2, 0.25) is 5.91 Å². The second-order valence-electron chi connectivity index (χ2n) is 7.25. The van der Waals surface area contributed by atoms with Crippen LogP contribution in [-0.4, -0.2) is 42.9 Å². The third kappa shape index (κ3) is 3.61. The summed E-state index contributed by atoms with van der Waals surface area (Å²) in [7, 11) is 0. The molecule has 8 heteroatoms. The maximum atomic E-state index is 13.1. The van der Waals surface area contributed by atoms with Gasteiger partial charge < -0.3 is 4.90 Å². The smallest absolute Gasteiger partial charge is 0.233 e. The summed E-state index contributed by atoms with van der Waals surface area (Å²) >= 11 is 3.14. The molecule has 1 amide bonds. The Morgan fingerprint density at radius 1 is 1.13 bits per heavy atom. The number of rotatable bonds is 5. The van der Waals surface area contributed by atoms with Crippen molar-refractivity contribution in [1.29, 1.82) is 0 Å². The molecule has 0 aliphatic carbocycles. The molecule has 2 aromatic heterocycles. The van der Waals surface area contributed by atoms with Gasteiger partial charge >= 0.3 is 0 Å². The molecule has 1 atom stereocenters. The highest BCUT2D eigenvalue weighted by Crippen LogP contribution is 2.37. The zero-order valence-corrected chi connectivity index (χ0v) is 18.2. The normalized spacial score (nSPS) is 16.4. The lowest BCUT2D eigenvalue weighted by molar-refractivity contribution is -0.129. The Bertz CT molecular complexity index is 1150. The van der Waals surface area contributed by atoms with Crippen LogP contribution in [0, 0.1) is 6.92 Å². The molecule has 1 saturated heterocycles. The molecular formula is C22H21N5OS2. The Hall–Kier alpha value is -2.71. The van der Waals surface area contributed by atoms with Gasteiger partial charge in [0, 0.05) is 12.2 Å². The lowest BCUT2D eigenvalue weighted by Gasteiger charge is -2.22. The first kappa shape index (κ1) is 19.3.